The number of aryl methyl sites for hydroxylation is 2. The summed E-state index contributed by atoms with van der Waals surface area (Å²) in [6.07, 6.45) is 7.06. The highest BCUT2D eigenvalue weighted by molar-refractivity contribution is 5.51. The van der Waals surface area contributed by atoms with Crippen LogP contribution in [0.25, 0.3) is 11.4 Å². The Hall–Kier alpha value is -2.54. The minimum atomic E-state index is 0.413. The molecule has 27 heavy (non-hydrogen) atoms. The third-order valence-electron chi connectivity index (χ3n) is 5.71. The minimum absolute atomic E-state index is 0.413. The van der Waals surface area contributed by atoms with Crippen molar-refractivity contribution in [3.8, 4) is 11.4 Å². The quantitative estimate of drug-likeness (QED) is 0.752. The van der Waals surface area contributed by atoms with Crippen molar-refractivity contribution in [2.75, 3.05) is 13.1 Å². The summed E-state index contributed by atoms with van der Waals surface area (Å²) in [5.41, 5.74) is 5.40. The number of rotatable bonds is 5. The number of likely N-dealkylation sites (tertiary alicyclic amines) is 1. The van der Waals surface area contributed by atoms with Gasteiger partial charge in [0.2, 0.25) is 0 Å². The van der Waals surface area contributed by atoms with Crippen LogP contribution in [0.2, 0.25) is 0 Å². The molecular weight excluding hydrogens is 338 g/mol. The Balaban J connectivity index is 1.36. The average Bonchev–Trinajstić information content (AvgIpc) is 3.31. The van der Waals surface area contributed by atoms with Gasteiger partial charge in [-0.05, 0) is 57.7 Å². The molecule has 7 heteroatoms. The van der Waals surface area contributed by atoms with Crippen LogP contribution in [0, 0.1) is 13.8 Å². The first-order valence-corrected chi connectivity index (χ1v) is 9.69. The van der Waals surface area contributed by atoms with Crippen LogP contribution in [0.5, 0.6) is 0 Å². The van der Waals surface area contributed by atoms with Crippen molar-refractivity contribution in [3.63, 3.8) is 0 Å². The summed E-state index contributed by atoms with van der Waals surface area (Å²) < 4.78 is 2.02. The predicted octanol–water partition coefficient (Wildman–Crippen LogP) is 2.95. The van der Waals surface area contributed by atoms with E-state index in [1.165, 1.54) is 11.3 Å². The van der Waals surface area contributed by atoms with Gasteiger partial charge in [-0.15, -0.1) is 5.10 Å². The van der Waals surface area contributed by atoms with E-state index in [2.05, 4.69) is 51.2 Å². The maximum absolute atomic E-state index is 4.37. The fraction of sp³-hybridized carbons (Fsp3) is 0.500. The van der Waals surface area contributed by atoms with Gasteiger partial charge in [-0.1, -0.05) is 11.3 Å². The van der Waals surface area contributed by atoms with Crippen LogP contribution in [0.4, 0.5) is 0 Å². The monoisotopic (exact) mass is 365 g/mol. The smallest absolute Gasteiger partial charge is 0.131 e. The molecule has 0 aromatic carbocycles. The van der Waals surface area contributed by atoms with E-state index in [1.54, 1.807) is 6.20 Å². The van der Waals surface area contributed by atoms with E-state index >= 15 is 0 Å². The van der Waals surface area contributed by atoms with Gasteiger partial charge in [-0.3, -0.25) is 10.1 Å². The first-order chi connectivity index (χ1) is 13.1. The third-order valence-corrected chi connectivity index (χ3v) is 5.71. The molecule has 1 aliphatic rings. The van der Waals surface area contributed by atoms with Crippen LogP contribution in [0.3, 0.4) is 0 Å². The van der Waals surface area contributed by atoms with Gasteiger partial charge in [0, 0.05) is 31.0 Å². The Morgan fingerprint density at radius 1 is 1.19 bits per heavy atom. The van der Waals surface area contributed by atoms with E-state index in [1.807, 2.05) is 29.1 Å². The molecule has 0 spiro atoms. The molecule has 3 aromatic heterocycles. The molecule has 4 rings (SSSR count). The third kappa shape index (κ3) is 3.78. The number of piperidine rings is 1. The van der Waals surface area contributed by atoms with Crippen LogP contribution >= 0.6 is 0 Å². The lowest BCUT2D eigenvalue weighted by molar-refractivity contribution is 0.137. The molecule has 4 heterocycles. The molecule has 0 radical (unpaired) electrons. The summed E-state index contributed by atoms with van der Waals surface area (Å²) in [6.45, 7) is 8.68. The van der Waals surface area contributed by atoms with Crippen LogP contribution in [0.1, 0.15) is 42.8 Å². The van der Waals surface area contributed by atoms with Gasteiger partial charge in [-0.2, -0.15) is 5.10 Å². The molecule has 0 saturated carbocycles. The Bertz CT molecular complexity index is 855. The fourth-order valence-electron chi connectivity index (χ4n) is 3.98. The lowest BCUT2D eigenvalue weighted by Gasteiger charge is -2.36. The van der Waals surface area contributed by atoms with E-state index in [0.29, 0.717) is 12.1 Å². The van der Waals surface area contributed by atoms with Crippen LogP contribution < -0.4 is 0 Å². The Morgan fingerprint density at radius 3 is 2.67 bits per heavy atom. The van der Waals surface area contributed by atoms with Crippen molar-refractivity contribution in [2.24, 2.45) is 0 Å². The van der Waals surface area contributed by atoms with Crippen molar-refractivity contribution in [1.29, 1.82) is 0 Å². The number of nitrogens with zero attached hydrogens (tertiary/aromatic N) is 6. The lowest BCUT2D eigenvalue weighted by Crippen LogP contribution is -2.41. The molecule has 1 fully saturated rings. The highest BCUT2D eigenvalue weighted by atomic mass is 15.4. The lowest BCUT2D eigenvalue weighted by atomic mass is 9.99. The number of nitrogens with one attached hydrogen (secondary N) is 1. The van der Waals surface area contributed by atoms with Gasteiger partial charge < -0.3 is 4.90 Å². The van der Waals surface area contributed by atoms with Gasteiger partial charge in [0.15, 0.2) is 0 Å². The Labute approximate surface area is 159 Å². The van der Waals surface area contributed by atoms with Crippen LogP contribution in [-0.2, 0) is 6.42 Å². The molecule has 1 N–H and O–H groups in total. The molecule has 1 saturated heterocycles. The maximum atomic E-state index is 4.37. The zero-order valence-electron chi connectivity index (χ0n) is 16.3. The summed E-state index contributed by atoms with van der Waals surface area (Å²) in [5, 5.41) is 16.1. The summed E-state index contributed by atoms with van der Waals surface area (Å²) >= 11 is 0. The first-order valence-electron chi connectivity index (χ1n) is 9.69. The summed E-state index contributed by atoms with van der Waals surface area (Å²) in [5.74, 6) is 0. The number of aromatic amines is 1. The summed E-state index contributed by atoms with van der Waals surface area (Å²) in [7, 11) is 0. The van der Waals surface area contributed by atoms with Gasteiger partial charge in [-0.25, -0.2) is 4.68 Å². The predicted molar refractivity (Wildman–Crippen MR) is 104 cm³/mol. The largest absolute Gasteiger partial charge is 0.300 e. The van der Waals surface area contributed by atoms with E-state index < -0.39 is 0 Å². The molecule has 0 unspecified atom stereocenters. The van der Waals surface area contributed by atoms with Crippen LogP contribution in [0.15, 0.2) is 30.6 Å². The first kappa shape index (κ1) is 17.9. The Kier molecular flexibility index (Phi) is 5.03. The number of hydrogen-bond acceptors (Lipinski definition) is 5. The molecule has 0 amide bonds. The van der Waals surface area contributed by atoms with Crippen molar-refractivity contribution in [2.45, 2.75) is 52.1 Å². The van der Waals surface area contributed by atoms with Gasteiger partial charge in [0.1, 0.15) is 5.69 Å². The van der Waals surface area contributed by atoms with Gasteiger partial charge in [0.25, 0.3) is 0 Å². The average molecular weight is 365 g/mol. The topological polar surface area (TPSA) is 75.5 Å². The fourth-order valence-corrected chi connectivity index (χ4v) is 3.98. The van der Waals surface area contributed by atoms with Crippen molar-refractivity contribution in [1.82, 2.24) is 35.1 Å². The number of H-pyrrole nitrogens is 1. The van der Waals surface area contributed by atoms with Crippen molar-refractivity contribution >= 4 is 0 Å². The van der Waals surface area contributed by atoms with E-state index in [0.717, 1.165) is 49.4 Å². The SMILES string of the molecule is Cc1n[nH]c(C)c1C[C@@H](C)N1CCC(n2cc(-c3ccccn3)nn2)CC1. The van der Waals surface area contributed by atoms with E-state index in [-0.39, 0.29) is 0 Å². The van der Waals surface area contributed by atoms with E-state index in [4.69, 9.17) is 0 Å². The number of pyridine rings is 1. The van der Waals surface area contributed by atoms with E-state index in [9.17, 15) is 0 Å². The number of hydrogen-bond donors (Lipinski definition) is 1. The summed E-state index contributed by atoms with van der Waals surface area (Å²) in [6, 6.07) is 6.79. The summed E-state index contributed by atoms with van der Waals surface area (Å²) in [4.78, 5) is 6.94. The molecule has 142 valence electrons. The normalized spacial score (nSPS) is 17.3. The zero-order valence-corrected chi connectivity index (χ0v) is 16.3. The van der Waals surface area contributed by atoms with Gasteiger partial charge >= 0.3 is 0 Å². The van der Waals surface area contributed by atoms with Crippen molar-refractivity contribution in [3.05, 3.63) is 47.5 Å². The van der Waals surface area contributed by atoms with Gasteiger partial charge in [0.05, 0.1) is 23.6 Å². The van der Waals surface area contributed by atoms with Crippen LogP contribution in [-0.4, -0.2) is 54.2 Å². The second-order valence-electron chi connectivity index (χ2n) is 7.53. The second kappa shape index (κ2) is 7.60. The van der Waals surface area contributed by atoms with Crippen molar-refractivity contribution < 1.29 is 0 Å². The second-order valence-corrected chi connectivity index (χ2v) is 7.53. The zero-order chi connectivity index (χ0) is 18.8. The molecule has 3 aromatic rings. The highest BCUT2D eigenvalue weighted by Crippen LogP contribution is 2.26. The maximum Gasteiger partial charge on any atom is 0.131 e. The molecular formula is C20H27N7. The molecule has 1 atom stereocenters. The molecule has 1 aliphatic heterocycles. The highest BCUT2D eigenvalue weighted by Gasteiger charge is 2.25. The standard InChI is InChI=1S/C20H27N7/c1-14(12-18-15(2)22-23-16(18)3)26-10-7-17(8-11-26)27-13-20(24-25-27)19-6-4-5-9-21-19/h4-6,9,13-14,17H,7-8,10-12H2,1-3H3,(H,22,23)/t14-/m1/s1. The molecule has 0 aliphatic carbocycles. The molecule has 7 nitrogen and oxygen atoms in total. The Morgan fingerprint density at radius 2 is 2.00 bits per heavy atom. The number of aromatic nitrogens is 6. The minimum Gasteiger partial charge on any atom is -0.300 e. The molecule has 0 bridgehead atoms.